The van der Waals surface area contributed by atoms with E-state index in [9.17, 15) is 0 Å². The van der Waals surface area contributed by atoms with Crippen LogP contribution in [0.15, 0.2) is 18.7 Å². The van der Waals surface area contributed by atoms with Gasteiger partial charge in [-0.05, 0) is 13.3 Å². The average Bonchev–Trinajstić information content (AvgIpc) is 2.33. The van der Waals surface area contributed by atoms with Crippen molar-refractivity contribution in [1.82, 2.24) is 9.97 Å². The number of ether oxygens (including phenoxy) is 2. The van der Waals surface area contributed by atoms with Crippen LogP contribution in [0.4, 0.5) is 5.82 Å². The first-order valence-corrected chi connectivity index (χ1v) is 5.58. The SMILES string of the molecule is C=CCCOCCNc1cc(OC)nc(C)n1. The van der Waals surface area contributed by atoms with E-state index >= 15 is 0 Å². The number of aryl methyl sites for hydroxylation is 1. The van der Waals surface area contributed by atoms with Crippen molar-refractivity contribution in [2.75, 3.05) is 32.2 Å². The topological polar surface area (TPSA) is 56.3 Å². The summed E-state index contributed by atoms with van der Waals surface area (Å²) in [6.45, 7) is 7.50. The van der Waals surface area contributed by atoms with Gasteiger partial charge in [-0.15, -0.1) is 6.58 Å². The Kier molecular flexibility index (Phi) is 6.03. The number of hydrogen-bond donors (Lipinski definition) is 1. The van der Waals surface area contributed by atoms with Gasteiger partial charge in [0.2, 0.25) is 5.88 Å². The Bertz CT molecular complexity index is 356. The number of rotatable bonds is 8. The van der Waals surface area contributed by atoms with E-state index in [1.807, 2.05) is 13.0 Å². The second-order valence-electron chi connectivity index (χ2n) is 3.46. The van der Waals surface area contributed by atoms with Crippen LogP contribution in [-0.2, 0) is 4.74 Å². The number of hydrogen-bond acceptors (Lipinski definition) is 5. The van der Waals surface area contributed by atoms with Crippen molar-refractivity contribution < 1.29 is 9.47 Å². The third-order valence-corrected chi connectivity index (χ3v) is 2.04. The maximum absolute atomic E-state index is 5.37. The molecule has 0 aliphatic carbocycles. The van der Waals surface area contributed by atoms with Crippen molar-refractivity contribution in [1.29, 1.82) is 0 Å². The fraction of sp³-hybridized carbons (Fsp3) is 0.500. The van der Waals surface area contributed by atoms with E-state index in [1.54, 1.807) is 13.2 Å². The summed E-state index contributed by atoms with van der Waals surface area (Å²) in [5.41, 5.74) is 0. The zero-order valence-corrected chi connectivity index (χ0v) is 10.4. The zero-order valence-electron chi connectivity index (χ0n) is 10.4. The smallest absolute Gasteiger partial charge is 0.218 e. The molecular weight excluding hydrogens is 218 g/mol. The first-order valence-electron chi connectivity index (χ1n) is 5.58. The lowest BCUT2D eigenvalue weighted by atomic mass is 10.4. The standard InChI is InChI=1S/C12H19N3O2/c1-4-5-7-17-8-6-13-11-9-12(16-3)15-10(2)14-11/h4,9H,1,5-8H2,2-3H3,(H,13,14,15). The minimum atomic E-state index is 0.563. The Morgan fingerprint density at radius 2 is 2.24 bits per heavy atom. The number of nitrogens with zero attached hydrogens (tertiary/aromatic N) is 2. The van der Waals surface area contributed by atoms with Crippen molar-refractivity contribution >= 4 is 5.82 Å². The molecule has 0 spiro atoms. The maximum atomic E-state index is 5.37. The molecule has 17 heavy (non-hydrogen) atoms. The Balaban J connectivity index is 2.31. The highest BCUT2D eigenvalue weighted by atomic mass is 16.5. The average molecular weight is 237 g/mol. The minimum absolute atomic E-state index is 0.563. The van der Waals surface area contributed by atoms with Gasteiger partial charge in [0.05, 0.1) is 20.3 Å². The normalized spacial score (nSPS) is 10.0. The van der Waals surface area contributed by atoms with E-state index < -0.39 is 0 Å². The molecule has 5 heteroatoms. The summed E-state index contributed by atoms with van der Waals surface area (Å²) in [6, 6.07) is 1.76. The predicted molar refractivity (Wildman–Crippen MR) is 67.4 cm³/mol. The van der Waals surface area contributed by atoms with Gasteiger partial charge in [0.1, 0.15) is 11.6 Å². The Morgan fingerprint density at radius 1 is 1.41 bits per heavy atom. The molecule has 0 saturated carbocycles. The van der Waals surface area contributed by atoms with Gasteiger partial charge in [0, 0.05) is 12.6 Å². The zero-order chi connectivity index (χ0) is 12.5. The molecule has 94 valence electrons. The van der Waals surface area contributed by atoms with Crippen LogP contribution in [-0.4, -0.2) is 36.8 Å². The minimum Gasteiger partial charge on any atom is -0.481 e. The monoisotopic (exact) mass is 237 g/mol. The largest absolute Gasteiger partial charge is 0.481 e. The van der Waals surface area contributed by atoms with Gasteiger partial charge in [-0.3, -0.25) is 0 Å². The molecule has 1 aromatic heterocycles. The van der Waals surface area contributed by atoms with Crippen molar-refractivity contribution in [2.24, 2.45) is 0 Å². The van der Waals surface area contributed by atoms with Crippen LogP contribution in [0, 0.1) is 6.92 Å². The van der Waals surface area contributed by atoms with Crippen LogP contribution in [0.3, 0.4) is 0 Å². The highest BCUT2D eigenvalue weighted by Crippen LogP contribution is 2.11. The summed E-state index contributed by atoms with van der Waals surface area (Å²) < 4.78 is 10.4. The van der Waals surface area contributed by atoms with Crippen LogP contribution in [0.1, 0.15) is 12.2 Å². The number of nitrogens with one attached hydrogen (secondary N) is 1. The number of aromatic nitrogens is 2. The summed E-state index contributed by atoms with van der Waals surface area (Å²) in [5, 5.41) is 3.16. The van der Waals surface area contributed by atoms with E-state index in [1.165, 1.54) is 0 Å². The van der Waals surface area contributed by atoms with Gasteiger partial charge in [0.15, 0.2) is 0 Å². The quantitative estimate of drug-likeness (QED) is 0.552. The van der Waals surface area contributed by atoms with Crippen molar-refractivity contribution in [3.63, 3.8) is 0 Å². The maximum Gasteiger partial charge on any atom is 0.218 e. The lowest BCUT2D eigenvalue weighted by Gasteiger charge is -2.08. The van der Waals surface area contributed by atoms with Gasteiger partial charge in [-0.25, -0.2) is 4.98 Å². The molecule has 0 saturated heterocycles. The Labute approximate surface area is 102 Å². The Morgan fingerprint density at radius 3 is 2.94 bits per heavy atom. The van der Waals surface area contributed by atoms with Crippen molar-refractivity contribution in [2.45, 2.75) is 13.3 Å². The van der Waals surface area contributed by atoms with Gasteiger partial charge in [-0.2, -0.15) is 4.98 Å². The van der Waals surface area contributed by atoms with E-state index in [4.69, 9.17) is 9.47 Å². The molecule has 0 unspecified atom stereocenters. The molecular formula is C12H19N3O2. The van der Waals surface area contributed by atoms with E-state index in [0.717, 1.165) is 12.2 Å². The highest BCUT2D eigenvalue weighted by Gasteiger charge is 2.00. The van der Waals surface area contributed by atoms with Crippen LogP contribution >= 0.6 is 0 Å². The third kappa shape index (κ3) is 5.31. The predicted octanol–water partition coefficient (Wildman–Crippen LogP) is 1.80. The first kappa shape index (κ1) is 13.4. The summed E-state index contributed by atoms with van der Waals surface area (Å²) >= 11 is 0. The molecule has 0 aliphatic rings. The number of anilines is 1. The van der Waals surface area contributed by atoms with E-state index in [-0.39, 0.29) is 0 Å². The van der Waals surface area contributed by atoms with Crippen LogP contribution < -0.4 is 10.1 Å². The van der Waals surface area contributed by atoms with Crippen LogP contribution in [0.5, 0.6) is 5.88 Å². The van der Waals surface area contributed by atoms with Gasteiger partial charge < -0.3 is 14.8 Å². The molecule has 0 amide bonds. The van der Waals surface area contributed by atoms with Crippen LogP contribution in [0.25, 0.3) is 0 Å². The summed E-state index contributed by atoms with van der Waals surface area (Å²) in [4.78, 5) is 8.35. The second-order valence-corrected chi connectivity index (χ2v) is 3.46. The fourth-order valence-electron chi connectivity index (χ4n) is 1.26. The lowest BCUT2D eigenvalue weighted by Crippen LogP contribution is -2.11. The van der Waals surface area contributed by atoms with E-state index in [0.29, 0.717) is 31.5 Å². The summed E-state index contributed by atoms with van der Waals surface area (Å²) in [7, 11) is 1.59. The Hall–Kier alpha value is -1.62. The summed E-state index contributed by atoms with van der Waals surface area (Å²) in [6.07, 6.45) is 2.71. The summed E-state index contributed by atoms with van der Waals surface area (Å²) in [5.74, 6) is 1.99. The number of methoxy groups -OCH3 is 1. The fourth-order valence-corrected chi connectivity index (χ4v) is 1.26. The molecule has 5 nitrogen and oxygen atoms in total. The molecule has 0 bridgehead atoms. The molecule has 1 N–H and O–H groups in total. The highest BCUT2D eigenvalue weighted by molar-refractivity contribution is 5.38. The lowest BCUT2D eigenvalue weighted by molar-refractivity contribution is 0.149. The molecule has 0 fully saturated rings. The molecule has 0 aliphatic heterocycles. The van der Waals surface area contributed by atoms with Crippen molar-refractivity contribution in [3.05, 3.63) is 24.5 Å². The van der Waals surface area contributed by atoms with Crippen molar-refractivity contribution in [3.8, 4) is 5.88 Å². The van der Waals surface area contributed by atoms with E-state index in [2.05, 4.69) is 21.9 Å². The van der Waals surface area contributed by atoms with Gasteiger partial charge in [0.25, 0.3) is 0 Å². The molecule has 0 aromatic carbocycles. The first-order chi connectivity index (χ1) is 8.26. The van der Waals surface area contributed by atoms with Gasteiger partial charge in [-0.1, -0.05) is 6.08 Å². The second kappa shape index (κ2) is 7.62. The van der Waals surface area contributed by atoms with Crippen LogP contribution in [0.2, 0.25) is 0 Å². The molecule has 1 rings (SSSR count). The molecule has 0 atom stereocenters. The third-order valence-electron chi connectivity index (χ3n) is 2.04. The molecule has 0 radical (unpaired) electrons. The molecule has 1 heterocycles. The molecule has 1 aromatic rings. The van der Waals surface area contributed by atoms with Gasteiger partial charge >= 0.3 is 0 Å².